The van der Waals surface area contributed by atoms with Crippen molar-refractivity contribution in [1.82, 2.24) is 5.32 Å². The lowest BCUT2D eigenvalue weighted by Gasteiger charge is -2.25. The van der Waals surface area contributed by atoms with Gasteiger partial charge in [-0.25, -0.2) is 0 Å². The predicted octanol–water partition coefficient (Wildman–Crippen LogP) is 0.455. The largest absolute Gasteiger partial charge is 0.491 e. The number of nitrogens with two attached hydrogens (primary N) is 1. The smallest absolute Gasteiger partial charge is 0.221 e. The molecule has 0 spiro atoms. The lowest BCUT2D eigenvalue weighted by atomic mass is 10.0. The molecule has 1 aliphatic heterocycles. The molecular formula is C12H16N2O2. The highest BCUT2D eigenvalue weighted by atomic mass is 16.5. The average molecular weight is 220 g/mol. The van der Waals surface area contributed by atoms with Crippen LogP contribution in [0.2, 0.25) is 0 Å². The molecule has 2 rings (SSSR count). The third-order valence-electron chi connectivity index (χ3n) is 2.62. The van der Waals surface area contributed by atoms with Gasteiger partial charge in [-0.1, -0.05) is 18.2 Å². The topological polar surface area (TPSA) is 64.4 Å². The van der Waals surface area contributed by atoms with Crippen molar-refractivity contribution >= 4 is 5.91 Å². The number of nitrogens with one attached hydrogen (secondary N) is 1. The van der Waals surface area contributed by atoms with Crippen molar-refractivity contribution in [3.8, 4) is 5.75 Å². The van der Waals surface area contributed by atoms with Crippen LogP contribution in [0.3, 0.4) is 0 Å². The molecule has 16 heavy (non-hydrogen) atoms. The second-order valence-corrected chi connectivity index (χ2v) is 3.93. The molecule has 1 aromatic carbocycles. The summed E-state index contributed by atoms with van der Waals surface area (Å²) in [6.45, 7) is 0.920. The number of carbonyl (C=O) groups is 1. The number of para-hydroxylation sites is 1. The number of ether oxygens (including phenoxy) is 1. The van der Waals surface area contributed by atoms with Gasteiger partial charge in [0.05, 0.1) is 6.04 Å². The van der Waals surface area contributed by atoms with E-state index in [0.29, 0.717) is 19.6 Å². The third-order valence-corrected chi connectivity index (χ3v) is 2.62. The number of hydrogen-bond acceptors (Lipinski definition) is 3. The molecule has 0 radical (unpaired) electrons. The molecule has 1 heterocycles. The molecule has 1 aromatic rings. The quantitative estimate of drug-likeness (QED) is 0.777. The summed E-state index contributed by atoms with van der Waals surface area (Å²) >= 11 is 0. The van der Waals surface area contributed by atoms with Gasteiger partial charge in [0.2, 0.25) is 5.91 Å². The summed E-state index contributed by atoms with van der Waals surface area (Å²) in [6, 6.07) is 7.97. The van der Waals surface area contributed by atoms with Crippen LogP contribution < -0.4 is 15.8 Å². The lowest BCUT2D eigenvalue weighted by molar-refractivity contribution is -0.121. The van der Waals surface area contributed by atoms with E-state index in [2.05, 4.69) is 5.32 Å². The molecule has 0 fully saturated rings. The molecule has 86 valence electrons. The Labute approximate surface area is 94.8 Å². The van der Waals surface area contributed by atoms with Crippen molar-refractivity contribution in [2.24, 2.45) is 5.73 Å². The molecule has 4 heteroatoms. The van der Waals surface area contributed by atoms with E-state index in [1.165, 1.54) is 0 Å². The minimum atomic E-state index is -0.00418. The first kappa shape index (κ1) is 11.0. The van der Waals surface area contributed by atoms with Crippen molar-refractivity contribution in [3.63, 3.8) is 0 Å². The SMILES string of the molecule is NCCC(=O)NC1COc2ccccc2C1. The Morgan fingerprint density at radius 1 is 1.50 bits per heavy atom. The van der Waals surface area contributed by atoms with Gasteiger partial charge < -0.3 is 15.8 Å². The minimum Gasteiger partial charge on any atom is -0.491 e. The Morgan fingerprint density at radius 2 is 2.31 bits per heavy atom. The summed E-state index contributed by atoms with van der Waals surface area (Å²) in [7, 11) is 0. The van der Waals surface area contributed by atoms with Gasteiger partial charge in [0.25, 0.3) is 0 Å². The van der Waals surface area contributed by atoms with Gasteiger partial charge in [-0.3, -0.25) is 4.79 Å². The summed E-state index contributed by atoms with van der Waals surface area (Å²) in [5.41, 5.74) is 6.46. The highest BCUT2D eigenvalue weighted by Crippen LogP contribution is 2.23. The maximum absolute atomic E-state index is 11.4. The zero-order valence-electron chi connectivity index (χ0n) is 9.11. The molecule has 3 N–H and O–H groups in total. The molecule has 4 nitrogen and oxygen atoms in total. The van der Waals surface area contributed by atoms with Crippen LogP contribution in [0.5, 0.6) is 5.75 Å². The van der Waals surface area contributed by atoms with Crippen LogP contribution >= 0.6 is 0 Å². The minimum absolute atomic E-state index is 0.00418. The Hall–Kier alpha value is -1.55. The van der Waals surface area contributed by atoms with E-state index in [4.69, 9.17) is 10.5 Å². The van der Waals surface area contributed by atoms with Crippen molar-refractivity contribution in [3.05, 3.63) is 29.8 Å². The van der Waals surface area contributed by atoms with Gasteiger partial charge in [-0.2, -0.15) is 0 Å². The summed E-state index contributed by atoms with van der Waals surface area (Å²) in [5.74, 6) is 0.919. The molecule has 0 saturated carbocycles. The van der Waals surface area contributed by atoms with E-state index < -0.39 is 0 Å². The first-order chi connectivity index (χ1) is 7.79. The van der Waals surface area contributed by atoms with Gasteiger partial charge in [-0.15, -0.1) is 0 Å². The van der Waals surface area contributed by atoms with Crippen LogP contribution in [0.15, 0.2) is 24.3 Å². The predicted molar refractivity (Wildman–Crippen MR) is 61.2 cm³/mol. The van der Waals surface area contributed by atoms with Crippen molar-refractivity contribution in [2.75, 3.05) is 13.2 Å². The van der Waals surface area contributed by atoms with Gasteiger partial charge in [0.1, 0.15) is 12.4 Å². The Balaban J connectivity index is 1.95. The van der Waals surface area contributed by atoms with Crippen LogP contribution in [0.25, 0.3) is 0 Å². The summed E-state index contributed by atoms with van der Waals surface area (Å²) in [4.78, 5) is 11.4. The lowest BCUT2D eigenvalue weighted by Crippen LogP contribution is -2.43. The van der Waals surface area contributed by atoms with Crippen LogP contribution in [0.4, 0.5) is 0 Å². The molecular weight excluding hydrogens is 204 g/mol. The van der Waals surface area contributed by atoms with Crippen LogP contribution in [-0.4, -0.2) is 25.1 Å². The van der Waals surface area contributed by atoms with E-state index in [1.807, 2.05) is 24.3 Å². The standard InChI is InChI=1S/C12H16N2O2/c13-6-5-12(15)14-10-7-9-3-1-2-4-11(9)16-8-10/h1-4,10H,5-8,13H2,(H,14,15). The summed E-state index contributed by atoms with van der Waals surface area (Å²) in [6.07, 6.45) is 1.20. The zero-order chi connectivity index (χ0) is 11.4. The maximum atomic E-state index is 11.4. The monoisotopic (exact) mass is 220 g/mol. The second kappa shape index (κ2) is 4.99. The Kier molecular flexibility index (Phi) is 3.41. The fraction of sp³-hybridized carbons (Fsp3) is 0.417. The van der Waals surface area contributed by atoms with Gasteiger partial charge in [-0.05, 0) is 18.1 Å². The van der Waals surface area contributed by atoms with Crippen LogP contribution in [0.1, 0.15) is 12.0 Å². The Bertz CT molecular complexity index is 379. The van der Waals surface area contributed by atoms with E-state index in [-0.39, 0.29) is 11.9 Å². The third kappa shape index (κ3) is 2.52. The summed E-state index contributed by atoms with van der Waals surface area (Å²) in [5, 5.41) is 2.92. The Morgan fingerprint density at radius 3 is 3.12 bits per heavy atom. The van der Waals surface area contributed by atoms with Gasteiger partial charge in [0, 0.05) is 13.0 Å². The molecule has 1 unspecified atom stereocenters. The maximum Gasteiger partial charge on any atom is 0.221 e. The second-order valence-electron chi connectivity index (χ2n) is 3.93. The number of fused-ring (bicyclic) bond motifs is 1. The number of benzene rings is 1. The van der Waals surface area contributed by atoms with Crippen LogP contribution in [-0.2, 0) is 11.2 Å². The highest BCUT2D eigenvalue weighted by Gasteiger charge is 2.20. The fourth-order valence-electron chi connectivity index (χ4n) is 1.85. The van der Waals surface area contributed by atoms with E-state index in [1.54, 1.807) is 0 Å². The fourth-order valence-corrected chi connectivity index (χ4v) is 1.85. The van der Waals surface area contributed by atoms with E-state index in [9.17, 15) is 4.79 Å². The number of amides is 1. The van der Waals surface area contributed by atoms with Gasteiger partial charge in [0.15, 0.2) is 0 Å². The van der Waals surface area contributed by atoms with E-state index in [0.717, 1.165) is 17.7 Å². The number of hydrogen-bond donors (Lipinski definition) is 2. The van der Waals surface area contributed by atoms with Gasteiger partial charge >= 0.3 is 0 Å². The first-order valence-electron chi connectivity index (χ1n) is 5.49. The molecule has 1 aliphatic rings. The molecule has 0 aromatic heterocycles. The number of carbonyl (C=O) groups excluding carboxylic acids is 1. The van der Waals surface area contributed by atoms with Crippen molar-refractivity contribution in [2.45, 2.75) is 18.9 Å². The first-order valence-corrected chi connectivity index (χ1v) is 5.49. The van der Waals surface area contributed by atoms with E-state index >= 15 is 0 Å². The number of rotatable bonds is 3. The van der Waals surface area contributed by atoms with Crippen molar-refractivity contribution in [1.29, 1.82) is 0 Å². The van der Waals surface area contributed by atoms with Crippen molar-refractivity contribution < 1.29 is 9.53 Å². The van der Waals surface area contributed by atoms with Crippen LogP contribution in [0, 0.1) is 0 Å². The normalized spacial score (nSPS) is 18.4. The molecule has 1 amide bonds. The molecule has 1 atom stereocenters. The highest BCUT2D eigenvalue weighted by molar-refractivity contribution is 5.76. The summed E-state index contributed by atoms with van der Waals surface area (Å²) < 4.78 is 5.57. The molecule has 0 aliphatic carbocycles. The average Bonchev–Trinajstić information content (AvgIpc) is 2.29. The molecule has 0 bridgehead atoms. The molecule has 0 saturated heterocycles. The zero-order valence-corrected chi connectivity index (χ0v) is 9.11.